The molecule has 0 fully saturated rings. The van der Waals surface area contributed by atoms with E-state index in [0.717, 1.165) is 16.7 Å². The first kappa shape index (κ1) is 13.5. The Bertz CT molecular complexity index is 328. The first-order valence-corrected chi connectivity index (χ1v) is 6.56. The zero-order chi connectivity index (χ0) is 12.0. The molecule has 0 spiro atoms. The maximum Gasteiger partial charge on any atom is 0.140 e. The van der Waals surface area contributed by atoms with E-state index in [1.54, 1.807) is 0 Å². The van der Waals surface area contributed by atoms with Crippen LogP contribution < -0.4 is 11.1 Å². The van der Waals surface area contributed by atoms with E-state index >= 15 is 0 Å². The minimum atomic E-state index is 0.311. The van der Waals surface area contributed by atoms with Crippen molar-refractivity contribution in [1.82, 2.24) is 4.98 Å². The number of nitrogens with two attached hydrogens (primary N) is 1. The topological polar surface area (TPSA) is 50.9 Å². The summed E-state index contributed by atoms with van der Waals surface area (Å²) in [6, 6.07) is 2.30. The van der Waals surface area contributed by atoms with E-state index < -0.39 is 0 Å². The van der Waals surface area contributed by atoms with Gasteiger partial charge in [-0.15, -0.1) is 0 Å². The van der Waals surface area contributed by atoms with Crippen molar-refractivity contribution in [1.29, 1.82) is 0 Å². The molecule has 0 bridgehead atoms. The molecule has 3 nitrogen and oxygen atoms in total. The number of anilines is 1. The lowest BCUT2D eigenvalue weighted by Gasteiger charge is -2.18. The fraction of sp³-hybridized carbons (Fsp3) is 0.583. The summed E-state index contributed by atoms with van der Waals surface area (Å²) in [5.74, 6) is 0.895. The average Bonchev–Trinajstić information content (AvgIpc) is 2.30. The number of pyridine rings is 1. The smallest absolute Gasteiger partial charge is 0.140 e. The maximum absolute atomic E-state index is 5.74. The van der Waals surface area contributed by atoms with Gasteiger partial charge in [0.1, 0.15) is 5.82 Å². The number of nitrogens with one attached hydrogen (secondary N) is 1. The Morgan fingerprint density at radius 3 is 2.94 bits per heavy atom. The van der Waals surface area contributed by atoms with E-state index in [-0.39, 0.29) is 0 Å². The Kier molecular flexibility index (Phi) is 5.77. The zero-order valence-corrected chi connectivity index (χ0v) is 11.5. The molecule has 1 aromatic heterocycles. The van der Waals surface area contributed by atoms with Gasteiger partial charge in [-0.25, -0.2) is 4.98 Å². The summed E-state index contributed by atoms with van der Waals surface area (Å²) in [7, 11) is 0. The molecule has 0 saturated carbocycles. The predicted molar refractivity (Wildman–Crippen MR) is 72.7 cm³/mol. The number of unbranched alkanes of at least 4 members (excludes halogenated alkanes) is 1. The van der Waals surface area contributed by atoms with Gasteiger partial charge in [-0.1, -0.05) is 19.8 Å². The largest absolute Gasteiger partial charge is 0.365 e. The maximum atomic E-state index is 5.74. The summed E-state index contributed by atoms with van der Waals surface area (Å²) in [6.07, 6.45) is 5.30. The zero-order valence-electron chi connectivity index (χ0n) is 9.96. The number of aromatic nitrogens is 1. The highest BCUT2D eigenvalue weighted by Gasteiger charge is 2.09. The van der Waals surface area contributed by atoms with Gasteiger partial charge in [0.2, 0.25) is 0 Å². The minimum Gasteiger partial charge on any atom is -0.365 e. The van der Waals surface area contributed by atoms with Crippen LogP contribution in [0.3, 0.4) is 0 Å². The lowest BCUT2D eigenvalue weighted by molar-refractivity contribution is 0.612. The highest BCUT2D eigenvalue weighted by molar-refractivity contribution is 9.10. The van der Waals surface area contributed by atoms with Gasteiger partial charge in [-0.3, -0.25) is 0 Å². The van der Waals surface area contributed by atoms with Crippen molar-refractivity contribution in [2.45, 2.75) is 39.2 Å². The number of aryl methyl sites for hydroxylation is 1. The molecule has 0 amide bonds. The number of nitrogens with zero attached hydrogens (tertiary/aromatic N) is 1. The fourth-order valence-corrected chi connectivity index (χ4v) is 1.88. The third-order valence-electron chi connectivity index (χ3n) is 2.61. The van der Waals surface area contributed by atoms with E-state index in [1.807, 2.05) is 12.3 Å². The van der Waals surface area contributed by atoms with Crippen LogP contribution >= 0.6 is 15.9 Å². The minimum absolute atomic E-state index is 0.311. The number of halogens is 1. The van der Waals surface area contributed by atoms with Gasteiger partial charge in [0, 0.05) is 18.8 Å². The molecule has 3 N–H and O–H groups in total. The van der Waals surface area contributed by atoms with Crippen LogP contribution in [-0.4, -0.2) is 17.6 Å². The second kappa shape index (κ2) is 6.86. The Morgan fingerprint density at radius 2 is 2.31 bits per heavy atom. The molecule has 1 atom stereocenters. The number of hydrogen-bond acceptors (Lipinski definition) is 3. The highest BCUT2D eigenvalue weighted by Crippen LogP contribution is 2.24. The van der Waals surface area contributed by atoms with E-state index in [1.165, 1.54) is 18.4 Å². The lowest BCUT2D eigenvalue weighted by atomic mass is 10.1. The van der Waals surface area contributed by atoms with E-state index in [4.69, 9.17) is 5.73 Å². The molecule has 0 saturated heterocycles. The summed E-state index contributed by atoms with van der Waals surface area (Å²) < 4.78 is 1.03. The Morgan fingerprint density at radius 1 is 1.56 bits per heavy atom. The lowest BCUT2D eigenvalue weighted by Crippen LogP contribution is -2.29. The molecular formula is C12H20BrN3. The monoisotopic (exact) mass is 285 g/mol. The second-order valence-corrected chi connectivity index (χ2v) is 4.80. The molecule has 1 heterocycles. The van der Waals surface area contributed by atoms with Gasteiger partial charge in [0.25, 0.3) is 0 Å². The molecule has 1 unspecified atom stereocenters. The van der Waals surface area contributed by atoms with Crippen molar-refractivity contribution in [2.75, 3.05) is 11.9 Å². The van der Waals surface area contributed by atoms with E-state index in [2.05, 4.69) is 40.1 Å². The van der Waals surface area contributed by atoms with Crippen LogP contribution in [0.15, 0.2) is 16.7 Å². The van der Waals surface area contributed by atoms with Gasteiger partial charge in [0.05, 0.1) is 4.47 Å². The summed E-state index contributed by atoms with van der Waals surface area (Å²) in [5, 5.41) is 3.39. The second-order valence-electron chi connectivity index (χ2n) is 4.01. The molecule has 0 aromatic carbocycles. The molecule has 4 heteroatoms. The van der Waals surface area contributed by atoms with Gasteiger partial charge in [-0.2, -0.15) is 0 Å². The molecule has 0 radical (unpaired) electrons. The summed E-state index contributed by atoms with van der Waals surface area (Å²) in [4.78, 5) is 4.32. The van der Waals surface area contributed by atoms with Crippen LogP contribution in [0, 0.1) is 6.92 Å². The standard InChI is InChI=1S/C12H20BrN3/c1-3-4-5-10(8-14)16-12-11(13)9(2)6-7-15-12/h6-7,10H,3-5,8,14H2,1-2H3,(H,15,16). The molecule has 1 rings (SSSR count). The van der Waals surface area contributed by atoms with Gasteiger partial charge < -0.3 is 11.1 Å². The molecule has 0 aliphatic carbocycles. The predicted octanol–water partition coefficient (Wildman–Crippen LogP) is 3.08. The fourth-order valence-electron chi connectivity index (χ4n) is 1.53. The highest BCUT2D eigenvalue weighted by atomic mass is 79.9. The Balaban J connectivity index is 2.66. The molecule has 90 valence electrons. The van der Waals surface area contributed by atoms with E-state index in [9.17, 15) is 0 Å². The first-order chi connectivity index (χ1) is 7.69. The Hall–Kier alpha value is -0.610. The molecule has 0 aliphatic rings. The van der Waals surface area contributed by atoms with E-state index in [0.29, 0.717) is 12.6 Å². The van der Waals surface area contributed by atoms with Crippen LogP contribution in [0.2, 0.25) is 0 Å². The summed E-state index contributed by atoms with van der Waals surface area (Å²) in [6.45, 7) is 4.89. The third kappa shape index (κ3) is 3.76. The SMILES string of the molecule is CCCCC(CN)Nc1nccc(C)c1Br. The van der Waals surface area contributed by atoms with Crippen LogP contribution in [0.1, 0.15) is 31.7 Å². The van der Waals surface area contributed by atoms with Crippen LogP contribution in [-0.2, 0) is 0 Å². The number of rotatable bonds is 6. The van der Waals surface area contributed by atoms with Crippen molar-refractivity contribution in [3.63, 3.8) is 0 Å². The first-order valence-electron chi connectivity index (χ1n) is 5.76. The summed E-state index contributed by atoms with van der Waals surface area (Å²) in [5.41, 5.74) is 6.93. The molecule has 1 aromatic rings. The normalized spacial score (nSPS) is 12.5. The van der Waals surface area contributed by atoms with Crippen LogP contribution in [0.5, 0.6) is 0 Å². The Labute approximate surface area is 106 Å². The van der Waals surface area contributed by atoms with Crippen molar-refractivity contribution in [3.8, 4) is 0 Å². The van der Waals surface area contributed by atoms with Crippen molar-refractivity contribution >= 4 is 21.7 Å². The van der Waals surface area contributed by atoms with Crippen LogP contribution in [0.4, 0.5) is 5.82 Å². The van der Waals surface area contributed by atoms with Crippen molar-refractivity contribution < 1.29 is 0 Å². The molecular weight excluding hydrogens is 266 g/mol. The number of hydrogen-bond donors (Lipinski definition) is 2. The van der Waals surface area contributed by atoms with Gasteiger partial charge in [-0.05, 0) is 40.9 Å². The third-order valence-corrected chi connectivity index (χ3v) is 3.61. The van der Waals surface area contributed by atoms with Crippen molar-refractivity contribution in [3.05, 3.63) is 22.3 Å². The molecule has 16 heavy (non-hydrogen) atoms. The average molecular weight is 286 g/mol. The quantitative estimate of drug-likeness (QED) is 0.845. The summed E-state index contributed by atoms with van der Waals surface area (Å²) >= 11 is 3.54. The van der Waals surface area contributed by atoms with Gasteiger partial charge >= 0.3 is 0 Å². The van der Waals surface area contributed by atoms with Gasteiger partial charge in [0.15, 0.2) is 0 Å². The molecule has 0 aliphatic heterocycles. The van der Waals surface area contributed by atoms with Crippen molar-refractivity contribution in [2.24, 2.45) is 5.73 Å². The van der Waals surface area contributed by atoms with Crippen LogP contribution in [0.25, 0.3) is 0 Å².